The maximum atomic E-state index is 13.6. The predicted octanol–water partition coefficient (Wildman–Crippen LogP) is 5.74. The van der Waals surface area contributed by atoms with Gasteiger partial charge < -0.3 is 15.0 Å². The van der Waals surface area contributed by atoms with Gasteiger partial charge in [-0.25, -0.2) is 9.79 Å². The fourth-order valence-corrected chi connectivity index (χ4v) is 5.38. The number of aryl methyl sites for hydroxylation is 2. The molecule has 0 saturated carbocycles. The number of esters is 1. The van der Waals surface area contributed by atoms with E-state index in [4.69, 9.17) is 9.73 Å². The minimum Gasteiger partial charge on any atom is -0.463 e. The molecule has 0 radical (unpaired) electrons. The molecule has 0 aliphatic carbocycles. The van der Waals surface area contributed by atoms with Gasteiger partial charge in [0, 0.05) is 17.8 Å². The Labute approximate surface area is 217 Å². The molecule has 2 aliphatic heterocycles. The maximum Gasteiger partial charge on any atom is 0.338 e. The fraction of sp³-hybridized carbons (Fsp3) is 0.345. The zero-order valence-electron chi connectivity index (χ0n) is 21.5. The van der Waals surface area contributed by atoms with Gasteiger partial charge in [-0.3, -0.25) is 4.79 Å². The van der Waals surface area contributed by atoms with Crippen LogP contribution < -0.4 is 5.32 Å². The SMILES string of the molecule is CCOC(=O)C1=C(c2ccccc2)N=C2SC=C(CC(=O)NCC(C)C)N2[C@@H]1c1ccc(C)cc1C. The van der Waals surface area contributed by atoms with Crippen molar-refractivity contribution in [3.63, 3.8) is 0 Å². The monoisotopic (exact) mass is 503 g/mol. The van der Waals surface area contributed by atoms with Crippen LogP contribution in [0.3, 0.4) is 0 Å². The summed E-state index contributed by atoms with van der Waals surface area (Å²) >= 11 is 1.48. The number of hydrogen-bond donors (Lipinski definition) is 1. The number of amidine groups is 1. The molecule has 2 heterocycles. The minimum absolute atomic E-state index is 0.0494. The highest BCUT2D eigenvalue weighted by Gasteiger charge is 2.42. The number of nitrogens with zero attached hydrogens (tertiary/aromatic N) is 2. The number of nitrogens with one attached hydrogen (secondary N) is 1. The second-order valence-corrected chi connectivity index (χ2v) is 10.3. The van der Waals surface area contributed by atoms with Crippen LogP contribution in [0.2, 0.25) is 0 Å². The molecular weight excluding hydrogens is 470 g/mol. The molecule has 0 fully saturated rings. The van der Waals surface area contributed by atoms with Gasteiger partial charge in [-0.1, -0.05) is 79.7 Å². The van der Waals surface area contributed by atoms with Crippen molar-refractivity contribution in [3.8, 4) is 0 Å². The third-order valence-electron chi connectivity index (χ3n) is 6.12. The van der Waals surface area contributed by atoms with Crippen LogP contribution in [0.15, 0.2) is 70.2 Å². The van der Waals surface area contributed by atoms with Crippen molar-refractivity contribution in [2.24, 2.45) is 10.9 Å². The third-order valence-corrected chi connectivity index (χ3v) is 7.01. The highest BCUT2D eigenvalue weighted by atomic mass is 32.2. The first-order chi connectivity index (χ1) is 17.3. The van der Waals surface area contributed by atoms with E-state index in [1.165, 1.54) is 11.8 Å². The Morgan fingerprint density at radius 3 is 2.56 bits per heavy atom. The molecule has 1 N–H and O–H groups in total. The number of benzene rings is 2. The van der Waals surface area contributed by atoms with Crippen molar-refractivity contribution in [2.45, 2.75) is 47.1 Å². The summed E-state index contributed by atoms with van der Waals surface area (Å²) in [5.41, 5.74) is 5.96. The molecular formula is C29H33N3O3S. The van der Waals surface area contributed by atoms with E-state index in [0.29, 0.717) is 23.7 Å². The van der Waals surface area contributed by atoms with Gasteiger partial charge in [-0.15, -0.1) is 0 Å². The fourth-order valence-electron chi connectivity index (χ4n) is 4.46. The van der Waals surface area contributed by atoms with Crippen LogP contribution in [0.1, 0.15) is 55.5 Å². The standard InChI is InChI=1S/C29H33N3O3S/c1-6-35-28(34)25-26(21-10-8-7-9-11-21)31-29-32(27(25)23-13-12-19(4)14-20(23)5)22(17-36-29)15-24(33)30-16-18(2)3/h7-14,17-18,27H,6,15-16H2,1-5H3,(H,30,33)/t27-/m1/s1. The van der Waals surface area contributed by atoms with Crippen LogP contribution in [0.5, 0.6) is 0 Å². The van der Waals surface area contributed by atoms with Gasteiger partial charge in [-0.05, 0) is 43.2 Å². The van der Waals surface area contributed by atoms with Gasteiger partial charge in [0.2, 0.25) is 5.91 Å². The molecule has 2 aliphatic rings. The van der Waals surface area contributed by atoms with Gasteiger partial charge in [0.05, 0.1) is 30.3 Å². The Morgan fingerprint density at radius 1 is 1.14 bits per heavy atom. The van der Waals surface area contributed by atoms with E-state index < -0.39 is 12.0 Å². The minimum atomic E-state index is -0.466. The van der Waals surface area contributed by atoms with Gasteiger partial charge in [0.25, 0.3) is 0 Å². The highest BCUT2D eigenvalue weighted by molar-refractivity contribution is 8.16. The van der Waals surface area contributed by atoms with Crippen LogP contribution in [0.4, 0.5) is 0 Å². The van der Waals surface area contributed by atoms with Crippen molar-refractivity contribution < 1.29 is 14.3 Å². The van der Waals surface area contributed by atoms with Crippen LogP contribution in [-0.4, -0.2) is 35.1 Å². The van der Waals surface area contributed by atoms with E-state index in [1.54, 1.807) is 6.92 Å². The molecule has 1 atom stereocenters. The van der Waals surface area contributed by atoms with Crippen LogP contribution in [0, 0.1) is 19.8 Å². The maximum absolute atomic E-state index is 13.6. The quantitative estimate of drug-likeness (QED) is 0.465. The molecule has 6 nitrogen and oxygen atoms in total. The molecule has 0 unspecified atom stereocenters. The third kappa shape index (κ3) is 5.41. The van der Waals surface area contributed by atoms with E-state index in [2.05, 4.69) is 51.2 Å². The first kappa shape index (κ1) is 25.8. The predicted molar refractivity (Wildman–Crippen MR) is 146 cm³/mol. The second kappa shape index (κ2) is 11.2. The topological polar surface area (TPSA) is 71.0 Å². The zero-order valence-corrected chi connectivity index (χ0v) is 22.3. The summed E-state index contributed by atoms with van der Waals surface area (Å²) in [4.78, 5) is 33.4. The van der Waals surface area contributed by atoms with Crippen molar-refractivity contribution >= 4 is 34.5 Å². The van der Waals surface area contributed by atoms with E-state index in [1.807, 2.05) is 40.6 Å². The highest BCUT2D eigenvalue weighted by Crippen LogP contribution is 2.47. The smallest absolute Gasteiger partial charge is 0.338 e. The summed E-state index contributed by atoms with van der Waals surface area (Å²) in [6.45, 7) is 10.9. The molecule has 36 heavy (non-hydrogen) atoms. The molecule has 2 aromatic rings. The number of rotatable bonds is 8. The molecule has 4 rings (SSSR count). The summed E-state index contributed by atoms with van der Waals surface area (Å²) in [5, 5.41) is 5.73. The summed E-state index contributed by atoms with van der Waals surface area (Å²) in [5.74, 6) is -0.0842. The Balaban J connectivity index is 1.86. The lowest BCUT2D eigenvalue weighted by Crippen LogP contribution is -2.38. The Hall–Kier alpha value is -3.32. The number of hydrogen-bond acceptors (Lipinski definition) is 6. The molecule has 188 valence electrons. The van der Waals surface area contributed by atoms with Crippen molar-refractivity contribution in [2.75, 3.05) is 13.2 Å². The molecule has 0 saturated heterocycles. The first-order valence-electron chi connectivity index (χ1n) is 12.3. The second-order valence-electron chi connectivity index (χ2n) is 9.48. The van der Waals surface area contributed by atoms with Gasteiger partial charge in [0.15, 0.2) is 5.17 Å². The number of carbonyl (C=O) groups is 2. The van der Waals surface area contributed by atoms with Crippen molar-refractivity contribution in [1.82, 2.24) is 10.2 Å². The molecule has 1 amide bonds. The average Bonchev–Trinajstić information content (AvgIpc) is 3.25. The normalized spacial score (nSPS) is 17.1. The summed E-state index contributed by atoms with van der Waals surface area (Å²) in [6, 6.07) is 15.5. The van der Waals surface area contributed by atoms with E-state index in [0.717, 1.165) is 33.1 Å². The number of carbonyl (C=O) groups excluding carboxylic acids is 2. The average molecular weight is 504 g/mol. The zero-order chi connectivity index (χ0) is 25.8. The Bertz CT molecular complexity index is 1250. The molecule has 2 aromatic carbocycles. The summed E-state index contributed by atoms with van der Waals surface area (Å²) < 4.78 is 5.58. The van der Waals surface area contributed by atoms with Gasteiger partial charge in [-0.2, -0.15) is 0 Å². The lowest BCUT2D eigenvalue weighted by molar-refractivity contribution is -0.139. The lowest BCUT2D eigenvalue weighted by Gasteiger charge is -2.37. The van der Waals surface area contributed by atoms with Crippen LogP contribution in [0.25, 0.3) is 5.70 Å². The van der Waals surface area contributed by atoms with Crippen molar-refractivity contribution in [1.29, 1.82) is 0 Å². The van der Waals surface area contributed by atoms with E-state index in [-0.39, 0.29) is 18.9 Å². The molecule has 0 bridgehead atoms. The van der Waals surface area contributed by atoms with Gasteiger partial charge in [0.1, 0.15) is 0 Å². The largest absolute Gasteiger partial charge is 0.463 e. The first-order valence-corrected chi connectivity index (χ1v) is 13.2. The van der Waals surface area contributed by atoms with Crippen molar-refractivity contribution in [3.05, 3.63) is 87.5 Å². The van der Waals surface area contributed by atoms with E-state index in [9.17, 15) is 9.59 Å². The molecule has 0 spiro atoms. The molecule has 0 aromatic heterocycles. The van der Waals surface area contributed by atoms with Gasteiger partial charge >= 0.3 is 5.97 Å². The number of amides is 1. The summed E-state index contributed by atoms with van der Waals surface area (Å²) in [6.07, 6.45) is 0.205. The van der Waals surface area contributed by atoms with E-state index >= 15 is 0 Å². The van der Waals surface area contributed by atoms with Crippen LogP contribution in [-0.2, 0) is 14.3 Å². The molecule has 7 heteroatoms. The number of thioether (sulfide) groups is 1. The Kier molecular flexibility index (Phi) is 7.99. The number of aliphatic imine (C=N–C) groups is 1. The number of ether oxygens (including phenoxy) is 1. The summed E-state index contributed by atoms with van der Waals surface area (Å²) in [7, 11) is 0. The van der Waals surface area contributed by atoms with Crippen LogP contribution >= 0.6 is 11.8 Å². The lowest BCUT2D eigenvalue weighted by atomic mass is 9.88. The number of fused-ring (bicyclic) bond motifs is 1. The Morgan fingerprint density at radius 2 is 1.89 bits per heavy atom.